The molecule has 0 spiro atoms. The summed E-state index contributed by atoms with van der Waals surface area (Å²) in [4.78, 5) is 25.5. The van der Waals surface area contributed by atoms with E-state index in [1.54, 1.807) is 4.90 Å². The van der Waals surface area contributed by atoms with E-state index < -0.39 is 16.0 Å². The number of nitrogens with one attached hydrogen (secondary N) is 1. The van der Waals surface area contributed by atoms with E-state index in [0.717, 1.165) is 12.8 Å². The smallest absolute Gasteiger partial charge is 0.307 e. The summed E-state index contributed by atoms with van der Waals surface area (Å²) in [5, 5.41) is 0.431. The second-order valence-corrected chi connectivity index (χ2v) is 8.55. The van der Waals surface area contributed by atoms with E-state index in [-0.39, 0.29) is 30.4 Å². The maximum atomic E-state index is 12.1. The Morgan fingerprint density at radius 3 is 2.65 bits per heavy atom. The number of benzene rings is 1. The minimum atomic E-state index is -3.72. The van der Waals surface area contributed by atoms with Gasteiger partial charge in [-0.15, -0.1) is 0 Å². The zero-order valence-electron chi connectivity index (χ0n) is 14.6. The van der Waals surface area contributed by atoms with Crippen LogP contribution in [0, 0.1) is 5.92 Å². The number of piperidine rings is 1. The quantitative estimate of drug-likeness (QED) is 0.702. The Balaban J connectivity index is 1.71. The Morgan fingerprint density at radius 1 is 1.31 bits per heavy atom. The number of halogens is 1. The molecule has 1 N–H and O–H groups in total. The number of carbonyl (C=O) groups excluding carboxylic acids is 2. The van der Waals surface area contributed by atoms with Gasteiger partial charge in [-0.25, -0.2) is 13.1 Å². The first kappa shape index (κ1) is 20.7. The van der Waals surface area contributed by atoms with Crippen LogP contribution in [0.15, 0.2) is 29.2 Å². The van der Waals surface area contributed by atoms with Crippen molar-refractivity contribution in [2.75, 3.05) is 26.2 Å². The highest BCUT2D eigenvalue weighted by molar-refractivity contribution is 7.89. The molecule has 1 aliphatic heterocycles. The Hall–Kier alpha value is -1.64. The zero-order chi connectivity index (χ0) is 19.2. The molecule has 1 amide bonds. The summed E-state index contributed by atoms with van der Waals surface area (Å²) in [5.41, 5.74) is 0. The van der Waals surface area contributed by atoms with E-state index in [1.165, 1.54) is 24.3 Å². The number of amides is 1. The molecular weight excluding hydrogens is 380 g/mol. The highest BCUT2D eigenvalue weighted by atomic mass is 35.5. The number of carbonyl (C=O) groups is 2. The molecule has 1 aliphatic rings. The number of nitrogens with zero attached hydrogens (tertiary/aromatic N) is 1. The Labute approximate surface area is 158 Å². The van der Waals surface area contributed by atoms with Crippen LogP contribution < -0.4 is 4.72 Å². The van der Waals surface area contributed by atoms with Gasteiger partial charge in [-0.1, -0.05) is 18.5 Å². The molecule has 144 valence electrons. The normalized spacial score (nSPS) is 17.8. The SMILES string of the molecule is C[C@@H]1CCCN(C(=O)COC(=O)CCNS(=O)(=O)c2ccc(Cl)cc2)C1. The summed E-state index contributed by atoms with van der Waals surface area (Å²) in [5.74, 6) is -0.389. The average molecular weight is 403 g/mol. The van der Waals surface area contributed by atoms with Crippen molar-refractivity contribution in [1.29, 1.82) is 0 Å². The molecular formula is C17H23ClN2O5S. The molecule has 9 heteroatoms. The van der Waals surface area contributed by atoms with Gasteiger partial charge in [0.15, 0.2) is 6.61 Å². The topological polar surface area (TPSA) is 92.8 Å². The molecule has 1 saturated heterocycles. The molecule has 0 bridgehead atoms. The van der Waals surface area contributed by atoms with Gasteiger partial charge in [0.25, 0.3) is 5.91 Å². The van der Waals surface area contributed by atoms with Crippen LogP contribution in [-0.2, 0) is 24.3 Å². The van der Waals surface area contributed by atoms with Crippen molar-refractivity contribution in [3.8, 4) is 0 Å². The molecule has 2 rings (SSSR count). The van der Waals surface area contributed by atoms with Crippen molar-refractivity contribution < 1.29 is 22.7 Å². The van der Waals surface area contributed by atoms with Crippen LogP contribution in [0.4, 0.5) is 0 Å². The number of likely N-dealkylation sites (tertiary alicyclic amines) is 1. The summed E-state index contributed by atoms with van der Waals surface area (Å²) >= 11 is 5.72. The Kier molecular flexibility index (Phi) is 7.43. The van der Waals surface area contributed by atoms with E-state index in [1.807, 2.05) is 0 Å². The predicted molar refractivity (Wildman–Crippen MR) is 97.2 cm³/mol. The third kappa shape index (κ3) is 6.26. The van der Waals surface area contributed by atoms with Crippen LogP contribution in [0.5, 0.6) is 0 Å². The highest BCUT2D eigenvalue weighted by Gasteiger charge is 2.22. The summed E-state index contributed by atoms with van der Waals surface area (Å²) in [6.45, 7) is 3.02. The van der Waals surface area contributed by atoms with E-state index in [9.17, 15) is 18.0 Å². The first-order valence-corrected chi connectivity index (χ1v) is 10.3. The van der Waals surface area contributed by atoms with Gasteiger partial charge in [-0.05, 0) is 43.0 Å². The molecule has 1 fully saturated rings. The summed E-state index contributed by atoms with van der Waals surface area (Å²) < 4.78 is 31.4. The fourth-order valence-electron chi connectivity index (χ4n) is 2.71. The van der Waals surface area contributed by atoms with Crippen LogP contribution >= 0.6 is 11.6 Å². The standard InChI is InChI=1S/C17H23ClN2O5S/c1-13-3-2-10-20(11-13)16(21)12-25-17(22)8-9-19-26(23,24)15-6-4-14(18)5-7-15/h4-7,13,19H,2-3,8-12H2,1H3/t13-/m1/s1. The van der Waals surface area contributed by atoms with Crippen molar-refractivity contribution >= 4 is 33.5 Å². The van der Waals surface area contributed by atoms with E-state index >= 15 is 0 Å². The Bertz CT molecular complexity index is 736. The predicted octanol–water partition coefficient (Wildman–Crippen LogP) is 1.81. The number of hydrogen-bond donors (Lipinski definition) is 1. The van der Waals surface area contributed by atoms with E-state index in [2.05, 4.69) is 11.6 Å². The van der Waals surface area contributed by atoms with Gasteiger partial charge in [0.05, 0.1) is 11.3 Å². The van der Waals surface area contributed by atoms with Crippen molar-refractivity contribution in [1.82, 2.24) is 9.62 Å². The van der Waals surface area contributed by atoms with Gasteiger partial charge in [-0.3, -0.25) is 9.59 Å². The van der Waals surface area contributed by atoms with Crippen LogP contribution in [0.25, 0.3) is 0 Å². The molecule has 26 heavy (non-hydrogen) atoms. The zero-order valence-corrected chi connectivity index (χ0v) is 16.2. The van der Waals surface area contributed by atoms with Gasteiger partial charge in [0.1, 0.15) is 0 Å². The van der Waals surface area contributed by atoms with Gasteiger partial charge < -0.3 is 9.64 Å². The number of sulfonamides is 1. The molecule has 0 aromatic heterocycles. The lowest BCUT2D eigenvalue weighted by molar-refractivity contribution is -0.152. The second kappa shape index (κ2) is 9.34. The largest absolute Gasteiger partial charge is 0.456 e. The number of esters is 1. The van der Waals surface area contributed by atoms with E-state index in [0.29, 0.717) is 24.0 Å². The van der Waals surface area contributed by atoms with E-state index in [4.69, 9.17) is 16.3 Å². The van der Waals surface area contributed by atoms with Crippen LogP contribution in [0.2, 0.25) is 5.02 Å². The lowest BCUT2D eigenvalue weighted by atomic mass is 10.0. The van der Waals surface area contributed by atoms with Crippen molar-refractivity contribution in [2.45, 2.75) is 31.1 Å². The number of hydrogen-bond acceptors (Lipinski definition) is 5. The number of ether oxygens (including phenoxy) is 1. The fraction of sp³-hybridized carbons (Fsp3) is 0.529. The third-order valence-corrected chi connectivity index (χ3v) is 5.84. The molecule has 0 unspecified atom stereocenters. The van der Waals surface area contributed by atoms with Crippen molar-refractivity contribution in [2.24, 2.45) is 5.92 Å². The average Bonchev–Trinajstić information content (AvgIpc) is 2.60. The summed E-state index contributed by atoms with van der Waals surface area (Å²) in [6, 6.07) is 5.69. The van der Waals surface area contributed by atoms with Crippen LogP contribution in [0.1, 0.15) is 26.2 Å². The number of rotatable bonds is 7. The third-order valence-electron chi connectivity index (χ3n) is 4.11. The van der Waals surface area contributed by atoms with Gasteiger partial charge in [-0.2, -0.15) is 0 Å². The van der Waals surface area contributed by atoms with Crippen LogP contribution in [0.3, 0.4) is 0 Å². The molecule has 0 radical (unpaired) electrons. The lowest BCUT2D eigenvalue weighted by Crippen LogP contribution is -2.41. The van der Waals surface area contributed by atoms with Crippen molar-refractivity contribution in [3.63, 3.8) is 0 Å². The minimum Gasteiger partial charge on any atom is -0.456 e. The highest BCUT2D eigenvalue weighted by Crippen LogP contribution is 2.15. The fourth-order valence-corrected chi connectivity index (χ4v) is 3.86. The van der Waals surface area contributed by atoms with Crippen LogP contribution in [-0.4, -0.2) is 51.4 Å². The molecule has 1 atom stereocenters. The maximum Gasteiger partial charge on any atom is 0.307 e. The summed E-state index contributed by atoms with van der Waals surface area (Å²) in [6.07, 6.45) is 1.89. The second-order valence-electron chi connectivity index (χ2n) is 6.35. The molecule has 0 saturated carbocycles. The monoisotopic (exact) mass is 402 g/mol. The minimum absolute atomic E-state index is 0.0599. The summed E-state index contributed by atoms with van der Waals surface area (Å²) in [7, 11) is -3.72. The molecule has 7 nitrogen and oxygen atoms in total. The lowest BCUT2D eigenvalue weighted by Gasteiger charge is -2.30. The first-order chi connectivity index (χ1) is 12.3. The molecule has 1 aromatic carbocycles. The molecule has 0 aliphatic carbocycles. The Morgan fingerprint density at radius 2 is 2.00 bits per heavy atom. The van der Waals surface area contributed by atoms with Gasteiger partial charge >= 0.3 is 5.97 Å². The first-order valence-electron chi connectivity index (χ1n) is 8.46. The van der Waals surface area contributed by atoms with Gasteiger partial charge in [0, 0.05) is 24.7 Å². The van der Waals surface area contributed by atoms with Gasteiger partial charge in [0.2, 0.25) is 10.0 Å². The molecule has 1 aromatic rings. The molecule has 1 heterocycles. The maximum absolute atomic E-state index is 12.1. The van der Waals surface area contributed by atoms with Crippen molar-refractivity contribution in [3.05, 3.63) is 29.3 Å².